The number of carbonyl (C=O) groups excluding carboxylic acids is 1. The third-order valence-corrected chi connectivity index (χ3v) is 3.32. The summed E-state index contributed by atoms with van der Waals surface area (Å²) in [6, 6.07) is 3.48. The van der Waals surface area contributed by atoms with E-state index < -0.39 is 29.2 Å². The SMILES string of the molecule is CC(NC(=O)CC(C)(C)C(=O)O)c1ccc(F)cc1Cl. The van der Waals surface area contributed by atoms with Crippen LogP contribution >= 0.6 is 11.6 Å². The number of carbonyl (C=O) groups is 2. The van der Waals surface area contributed by atoms with Crippen molar-refractivity contribution in [3.05, 3.63) is 34.6 Å². The number of amides is 1. The number of benzene rings is 1. The number of halogens is 2. The maximum Gasteiger partial charge on any atom is 0.309 e. The highest BCUT2D eigenvalue weighted by atomic mass is 35.5. The van der Waals surface area contributed by atoms with Gasteiger partial charge in [-0.1, -0.05) is 17.7 Å². The van der Waals surface area contributed by atoms with Gasteiger partial charge in [0.25, 0.3) is 0 Å². The lowest BCUT2D eigenvalue weighted by Gasteiger charge is -2.21. The molecule has 0 radical (unpaired) electrons. The lowest BCUT2D eigenvalue weighted by atomic mass is 9.89. The van der Waals surface area contributed by atoms with Gasteiger partial charge in [-0.25, -0.2) is 4.39 Å². The molecule has 0 bridgehead atoms. The highest BCUT2D eigenvalue weighted by Gasteiger charge is 2.30. The van der Waals surface area contributed by atoms with Gasteiger partial charge in [-0.05, 0) is 38.5 Å². The molecule has 0 saturated carbocycles. The summed E-state index contributed by atoms with van der Waals surface area (Å²) in [5.74, 6) is -1.89. The van der Waals surface area contributed by atoms with Gasteiger partial charge in [0.05, 0.1) is 11.5 Å². The third kappa shape index (κ3) is 4.20. The Kier molecular flexibility index (Phi) is 5.11. The van der Waals surface area contributed by atoms with Gasteiger partial charge in [0.15, 0.2) is 0 Å². The van der Waals surface area contributed by atoms with Gasteiger partial charge in [0.1, 0.15) is 5.82 Å². The maximum atomic E-state index is 12.9. The zero-order valence-electron chi connectivity index (χ0n) is 11.5. The number of rotatable bonds is 5. The molecule has 0 aromatic heterocycles. The van der Waals surface area contributed by atoms with E-state index in [1.54, 1.807) is 6.92 Å². The summed E-state index contributed by atoms with van der Waals surface area (Å²) in [6.07, 6.45) is -0.147. The van der Waals surface area contributed by atoms with E-state index in [2.05, 4.69) is 5.32 Å². The van der Waals surface area contributed by atoms with Crippen LogP contribution in [0, 0.1) is 11.2 Å². The summed E-state index contributed by atoms with van der Waals surface area (Å²) in [4.78, 5) is 22.8. The number of hydrogen-bond donors (Lipinski definition) is 2. The number of hydrogen-bond acceptors (Lipinski definition) is 2. The predicted octanol–water partition coefficient (Wildman–Crippen LogP) is 3.16. The van der Waals surface area contributed by atoms with Crippen LogP contribution in [0.5, 0.6) is 0 Å². The van der Waals surface area contributed by atoms with Gasteiger partial charge in [-0.3, -0.25) is 9.59 Å². The van der Waals surface area contributed by atoms with Gasteiger partial charge >= 0.3 is 5.97 Å². The Bertz CT molecular complexity index is 531. The van der Waals surface area contributed by atoms with Gasteiger partial charge in [-0.15, -0.1) is 0 Å². The molecule has 0 fully saturated rings. The Balaban J connectivity index is 2.73. The number of carboxylic acids is 1. The Morgan fingerprint density at radius 2 is 2.05 bits per heavy atom. The average molecular weight is 302 g/mol. The van der Waals surface area contributed by atoms with Crippen LogP contribution in [0.2, 0.25) is 5.02 Å². The van der Waals surface area contributed by atoms with Crippen molar-refractivity contribution in [2.75, 3.05) is 0 Å². The van der Waals surface area contributed by atoms with E-state index in [4.69, 9.17) is 16.7 Å². The molecule has 0 heterocycles. The van der Waals surface area contributed by atoms with Crippen LogP contribution in [0.25, 0.3) is 0 Å². The second kappa shape index (κ2) is 6.22. The predicted molar refractivity (Wildman–Crippen MR) is 74.0 cm³/mol. The molecule has 0 saturated heterocycles. The number of carboxylic acid groups (broad SMARTS) is 1. The molecule has 1 aromatic carbocycles. The van der Waals surface area contributed by atoms with E-state index in [0.717, 1.165) is 0 Å². The Hall–Kier alpha value is -1.62. The van der Waals surface area contributed by atoms with E-state index in [1.807, 2.05) is 0 Å². The molecule has 1 rings (SSSR count). The smallest absolute Gasteiger partial charge is 0.309 e. The number of aliphatic carboxylic acids is 1. The molecular formula is C14H17ClFNO3. The molecule has 0 spiro atoms. The monoisotopic (exact) mass is 301 g/mol. The summed E-state index contributed by atoms with van der Waals surface area (Å²) in [7, 11) is 0. The van der Waals surface area contributed by atoms with E-state index in [0.29, 0.717) is 5.56 Å². The van der Waals surface area contributed by atoms with Crippen molar-refractivity contribution in [2.45, 2.75) is 33.2 Å². The molecule has 0 aliphatic heterocycles. The van der Waals surface area contributed by atoms with Crippen molar-refractivity contribution in [2.24, 2.45) is 5.41 Å². The van der Waals surface area contributed by atoms with Crippen molar-refractivity contribution < 1.29 is 19.1 Å². The molecule has 4 nitrogen and oxygen atoms in total. The van der Waals surface area contributed by atoms with Gasteiger partial charge in [-0.2, -0.15) is 0 Å². The fourth-order valence-corrected chi connectivity index (χ4v) is 2.03. The van der Waals surface area contributed by atoms with Crippen LogP contribution < -0.4 is 5.32 Å². The molecule has 2 N–H and O–H groups in total. The van der Waals surface area contributed by atoms with E-state index in [-0.39, 0.29) is 11.4 Å². The van der Waals surface area contributed by atoms with Crippen molar-refractivity contribution in [3.63, 3.8) is 0 Å². The van der Waals surface area contributed by atoms with Gasteiger partial charge < -0.3 is 10.4 Å². The Labute approximate surface area is 121 Å². The standard InChI is InChI=1S/C14H17ClFNO3/c1-8(10-5-4-9(16)6-11(10)15)17-12(18)7-14(2,3)13(19)20/h4-6,8H,7H2,1-3H3,(H,17,18)(H,19,20). The lowest BCUT2D eigenvalue weighted by Crippen LogP contribution is -2.34. The minimum absolute atomic E-state index is 0.147. The highest BCUT2D eigenvalue weighted by Crippen LogP contribution is 2.25. The Morgan fingerprint density at radius 3 is 2.55 bits per heavy atom. The molecule has 6 heteroatoms. The quantitative estimate of drug-likeness (QED) is 0.878. The van der Waals surface area contributed by atoms with Gasteiger partial charge in [0.2, 0.25) is 5.91 Å². The number of nitrogens with one attached hydrogen (secondary N) is 1. The fraction of sp³-hybridized carbons (Fsp3) is 0.429. The first-order valence-corrected chi connectivity index (χ1v) is 6.49. The van der Waals surface area contributed by atoms with Crippen LogP contribution in [0.15, 0.2) is 18.2 Å². The van der Waals surface area contributed by atoms with Crippen molar-refractivity contribution in [1.82, 2.24) is 5.32 Å². The molecule has 1 amide bonds. The lowest BCUT2D eigenvalue weighted by molar-refractivity contribution is -0.149. The minimum atomic E-state index is -1.14. The zero-order valence-corrected chi connectivity index (χ0v) is 12.3. The summed E-state index contributed by atoms with van der Waals surface area (Å²) in [5.41, 5.74) is -0.564. The molecule has 1 aromatic rings. The summed E-state index contributed by atoms with van der Waals surface area (Å²) >= 11 is 5.91. The first-order valence-electron chi connectivity index (χ1n) is 6.11. The summed E-state index contributed by atoms with van der Waals surface area (Å²) in [6.45, 7) is 4.65. The van der Waals surface area contributed by atoms with E-state index in [9.17, 15) is 14.0 Å². The second-order valence-corrected chi connectivity index (χ2v) is 5.73. The molecule has 0 aliphatic carbocycles. The van der Waals surface area contributed by atoms with Crippen LogP contribution in [0.3, 0.4) is 0 Å². The molecular weight excluding hydrogens is 285 g/mol. The summed E-state index contributed by atoms with van der Waals surface area (Å²) in [5, 5.41) is 11.8. The van der Waals surface area contributed by atoms with E-state index >= 15 is 0 Å². The average Bonchev–Trinajstić information content (AvgIpc) is 2.26. The van der Waals surface area contributed by atoms with Crippen LogP contribution in [0.4, 0.5) is 4.39 Å². The maximum absolute atomic E-state index is 12.9. The summed E-state index contributed by atoms with van der Waals surface area (Å²) < 4.78 is 12.9. The van der Waals surface area contributed by atoms with Crippen molar-refractivity contribution in [1.29, 1.82) is 0 Å². The van der Waals surface area contributed by atoms with E-state index in [1.165, 1.54) is 32.0 Å². The second-order valence-electron chi connectivity index (χ2n) is 5.32. The topological polar surface area (TPSA) is 66.4 Å². The normalized spacial score (nSPS) is 12.8. The molecule has 0 aliphatic rings. The largest absolute Gasteiger partial charge is 0.481 e. The molecule has 1 unspecified atom stereocenters. The zero-order chi connectivity index (χ0) is 15.5. The highest BCUT2D eigenvalue weighted by molar-refractivity contribution is 6.31. The fourth-order valence-electron chi connectivity index (χ4n) is 1.70. The molecule has 20 heavy (non-hydrogen) atoms. The van der Waals surface area contributed by atoms with Crippen LogP contribution in [-0.2, 0) is 9.59 Å². The first-order chi connectivity index (χ1) is 9.13. The Morgan fingerprint density at radius 1 is 1.45 bits per heavy atom. The minimum Gasteiger partial charge on any atom is -0.481 e. The third-order valence-electron chi connectivity index (χ3n) is 2.99. The van der Waals surface area contributed by atoms with Crippen LogP contribution in [0.1, 0.15) is 38.8 Å². The first kappa shape index (κ1) is 16.4. The molecule has 110 valence electrons. The van der Waals surface area contributed by atoms with Crippen molar-refractivity contribution >= 4 is 23.5 Å². The van der Waals surface area contributed by atoms with Crippen molar-refractivity contribution in [3.8, 4) is 0 Å². The van der Waals surface area contributed by atoms with Crippen LogP contribution in [-0.4, -0.2) is 17.0 Å². The van der Waals surface area contributed by atoms with Gasteiger partial charge in [0, 0.05) is 11.4 Å². The molecule has 1 atom stereocenters.